The number of carbonyl (C=O) groups is 1. The molecule has 1 amide bonds. The summed E-state index contributed by atoms with van der Waals surface area (Å²) >= 11 is 5.54. The number of hydrogen-bond acceptors (Lipinski definition) is 3. The smallest absolute Gasteiger partial charge is 0.322 e. The van der Waals surface area contributed by atoms with Gasteiger partial charge in [0.1, 0.15) is 0 Å². The lowest BCUT2D eigenvalue weighted by Crippen LogP contribution is -2.24. The molecule has 0 aliphatic heterocycles. The number of anilines is 1. The summed E-state index contributed by atoms with van der Waals surface area (Å²) in [5.74, 6) is -0.752. The normalized spacial score (nSPS) is 12.0. The summed E-state index contributed by atoms with van der Waals surface area (Å²) in [7, 11) is -3.78. The number of carbonyl (C=O) groups excluding carboxylic acids is 1. The summed E-state index contributed by atoms with van der Waals surface area (Å²) in [6.45, 7) is 2.04. The standard InChI is InChI=1S/C17H16ClF3N2O3S/c1-2-8-22-27(25,26)13-5-3-4-11(9-13)16(24)23-12-6-7-15(18)14(10-12)17(19,20)21/h3-7,9-10,22H,2,8H2,1H3,(H,23,24). The Labute approximate surface area is 159 Å². The summed E-state index contributed by atoms with van der Waals surface area (Å²) in [6, 6.07) is 8.15. The zero-order valence-electron chi connectivity index (χ0n) is 14.1. The van der Waals surface area contributed by atoms with Crippen LogP contribution in [0.1, 0.15) is 29.3 Å². The maximum atomic E-state index is 12.9. The van der Waals surface area contributed by atoms with Gasteiger partial charge in [0.15, 0.2) is 0 Å². The number of alkyl halides is 3. The van der Waals surface area contributed by atoms with Gasteiger partial charge in [0.25, 0.3) is 5.91 Å². The Morgan fingerprint density at radius 2 is 1.85 bits per heavy atom. The van der Waals surface area contributed by atoms with Gasteiger partial charge in [-0.05, 0) is 42.8 Å². The molecule has 0 spiro atoms. The Morgan fingerprint density at radius 1 is 1.15 bits per heavy atom. The van der Waals surface area contributed by atoms with Crippen molar-refractivity contribution >= 4 is 33.2 Å². The van der Waals surface area contributed by atoms with Crippen LogP contribution in [0.5, 0.6) is 0 Å². The Hall–Kier alpha value is -2.10. The molecule has 0 unspecified atom stereocenters. The predicted octanol–water partition coefficient (Wildman–Crippen LogP) is 4.30. The molecule has 27 heavy (non-hydrogen) atoms. The van der Waals surface area contributed by atoms with Gasteiger partial charge in [-0.3, -0.25) is 4.79 Å². The molecule has 0 aliphatic rings. The van der Waals surface area contributed by atoms with Crippen LogP contribution in [0.15, 0.2) is 47.4 Å². The van der Waals surface area contributed by atoms with Crippen molar-refractivity contribution in [3.8, 4) is 0 Å². The van der Waals surface area contributed by atoms with Crippen LogP contribution >= 0.6 is 11.6 Å². The third-order valence-electron chi connectivity index (χ3n) is 3.48. The molecule has 5 nitrogen and oxygen atoms in total. The minimum Gasteiger partial charge on any atom is -0.322 e. The van der Waals surface area contributed by atoms with Gasteiger partial charge < -0.3 is 5.32 Å². The fourth-order valence-corrected chi connectivity index (χ4v) is 3.55. The Kier molecular flexibility index (Phi) is 6.50. The second-order valence-electron chi connectivity index (χ2n) is 5.57. The van der Waals surface area contributed by atoms with E-state index in [2.05, 4.69) is 10.0 Å². The fourth-order valence-electron chi connectivity index (χ4n) is 2.15. The number of hydrogen-bond donors (Lipinski definition) is 2. The summed E-state index contributed by atoms with van der Waals surface area (Å²) in [5, 5.41) is 1.82. The highest BCUT2D eigenvalue weighted by Gasteiger charge is 2.33. The summed E-state index contributed by atoms with van der Waals surface area (Å²) in [5.41, 5.74) is -1.21. The molecule has 0 aromatic heterocycles. The van der Waals surface area contributed by atoms with Crippen molar-refractivity contribution < 1.29 is 26.4 Å². The van der Waals surface area contributed by atoms with Crippen LogP contribution in [0.2, 0.25) is 5.02 Å². The maximum absolute atomic E-state index is 12.9. The molecule has 2 N–H and O–H groups in total. The van der Waals surface area contributed by atoms with Crippen molar-refractivity contribution in [1.29, 1.82) is 0 Å². The van der Waals surface area contributed by atoms with Crippen molar-refractivity contribution in [2.24, 2.45) is 0 Å². The highest BCUT2D eigenvalue weighted by atomic mass is 35.5. The topological polar surface area (TPSA) is 75.3 Å². The first-order valence-corrected chi connectivity index (χ1v) is 9.68. The SMILES string of the molecule is CCCNS(=O)(=O)c1cccc(C(=O)Nc2ccc(Cl)c(C(F)(F)F)c2)c1. The summed E-state index contributed by atoms with van der Waals surface area (Å²) < 4.78 is 65.4. The highest BCUT2D eigenvalue weighted by molar-refractivity contribution is 7.89. The molecule has 10 heteroatoms. The third kappa shape index (κ3) is 5.44. The molecule has 0 heterocycles. The van der Waals surface area contributed by atoms with Gasteiger partial charge in [0, 0.05) is 17.8 Å². The molecule has 0 fully saturated rings. The molecule has 2 aromatic carbocycles. The quantitative estimate of drug-likeness (QED) is 0.731. The molecule has 0 bridgehead atoms. The number of halogens is 4. The maximum Gasteiger partial charge on any atom is 0.417 e. The van der Waals surface area contributed by atoms with Gasteiger partial charge in [-0.25, -0.2) is 13.1 Å². The van der Waals surface area contributed by atoms with E-state index in [1.54, 1.807) is 6.92 Å². The first-order valence-electron chi connectivity index (χ1n) is 7.82. The van der Waals surface area contributed by atoms with Crippen molar-refractivity contribution in [3.63, 3.8) is 0 Å². The minimum atomic E-state index is -4.67. The fraction of sp³-hybridized carbons (Fsp3) is 0.235. The first kappa shape index (κ1) is 21.2. The molecule has 146 valence electrons. The van der Waals surface area contributed by atoms with Crippen molar-refractivity contribution in [1.82, 2.24) is 4.72 Å². The second-order valence-corrected chi connectivity index (χ2v) is 7.75. The summed E-state index contributed by atoms with van der Waals surface area (Å²) in [6.07, 6.45) is -4.08. The summed E-state index contributed by atoms with van der Waals surface area (Å²) in [4.78, 5) is 12.2. The monoisotopic (exact) mass is 420 g/mol. The van der Waals surface area contributed by atoms with Crippen LogP contribution in [-0.4, -0.2) is 20.9 Å². The van der Waals surface area contributed by atoms with E-state index >= 15 is 0 Å². The average molecular weight is 421 g/mol. The van der Waals surface area contributed by atoms with E-state index < -0.39 is 32.7 Å². The zero-order chi connectivity index (χ0) is 20.2. The number of amides is 1. The Bertz CT molecular complexity index is 947. The predicted molar refractivity (Wildman–Crippen MR) is 96.3 cm³/mol. The molecule has 2 rings (SSSR count). The largest absolute Gasteiger partial charge is 0.417 e. The van der Waals surface area contributed by atoms with Crippen LogP contribution in [-0.2, 0) is 16.2 Å². The number of nitrogens with one attached hydrogen (secondary N) is 2. The van der Waals surface area contributed by atoms with E-state index in [1.807, 2.05) is 0 Å². The van der Waals surface area contributed by atoms with Gasteiger partial charge in [0.2, 0.25) is 10.0 Å². The number of rotatable bonds is 6. The molecule has 0 saturated heterocycles. The van der Waals surface area contributed by atoms with Crippen LogP contribution in [0.4, 0.5) is 18.9 Å². The number of sulfonamides is 1. The van der Waals surface area contributed by atoms with Crippen LogP contribution in [0.3, 0.4) is 0 Å². The average Bonchev–Trinajstić information content (AvgIpc) is 2.60. The van der Waals surface area contributed by atoms with Crippen molar-refractivity contribution in [2.45, 2.75) is 24.4 Å². The molecule has 0 atom stereocenters. The van der Waals surface area contributed by atoms with Gasteiger partial charge in [-0.1, -0.05) is 24.6 Å². The van der Waals surface area contributed by atoms with Gasteiger partial charge in [-0.2, -0.15) is 13.2 Å². The second kappa shape index (κ2) is 8.28. The molecule has 0 radical (unpaired) electrons. The third-order valence-corrected chi connectivity index (χ3v) is 5.27. The van der Waals surface area contributed by atoms with Gasteiger partial charge in [0.05, 0.1) is 15.5 Å². The van der Waals surface area contributed by atoms with E-state index in [9.17, 15) is 26.4 Å². The molecule has 0 aliphatic carbocycles. The van der Waals surface area contributed by atoms with E-state index in [-0.39, 0.29) is 22.7 Å². The minimum absolute atomic E-state index is 0.0158. The van der Waals surface area contributed by atoms with E-state index in [0.717, 1.165) is 12.1 Å². The van der Waals surface area contributed by atoms with Gasteiger partial charge in [-0.15, -0.1) is 0 Å². The molecular formula is C17H16ClF3N2O3S. The Balaban J connectivity index is 2.26. The molecule has 2 aromatic rings. The lowest BCUT2D eigenvalue weighted by atomic mass is 10.1. The zero-order valence-corrected chi connectivity index (χ0v) is 15.7. The molecule has 0 saturated carbocycles. The van der Waals surface area contributed by atoms with Gasteiger partial charge >= 0.3 is 6.18 Å². The van der Waals surface area contributed by atoms with Crippen molar-refractivity contribution in [2.75, 3.05) is 11.9 Å². The van der Waals surface area contributed by atoms with E-state index in [0.29, 0.717) is 12.5 Å². The number of benzene rings is 2. The first-order chi connectivity index (χ1) is 12.5. The lowest BCUT2D eigenvalue weighted by Gasteiger charge is -2.12. The highest BCUT2D eigenvalue weighted by Crippen LogP contribution is 2.36. The Morgan fingerprint density at radius 3 is 2.48 bits per heavy atom. The van der Waals surface area contributed by atoms with E-state index in [4.69, 9.17) is 11.6 Å². The van der Waals surface area contributed by atoms with Crippen LogP contribution < -0.4 is 10.0 Å². The lowest BCUT2D eigenvalue weighted by molar-refractivity contribution is -0.137. The van der Waals surface area contributed by atoms with Crippen LogP contribution in [0.25, 0.3) is 0 Å². The van der Waals surface area contributed by atoms with Crippen LogP contribution in [0, 0.1) is 0 Å². The van der Waals surface area contributed by atoms with E-state index in [1.165, 1.54) is 24.3 Å². The molecular weight excluding hydrogens is 405 g/mol. The van der Waals surface area contributed by atoms with Crippen molar-refractivity contribution in [3.05, 3.63) is 58.6 Å².